The minimum atomic E-state index is -1.41. The quantitative estimate of drug-likeness (QED) is 0.360. The van der Waals surface area contributed by atoms with E-state index in [0.717, 1.165) is 9.98 Å². The monoisotopic (exact) mass is 423 g/mol. The van der Waals surface area contributed by atoms with Crippen molar-refractivity contribution in [3.63, 3.8) is 0 Å². The van der Waals surface area contributed by atoms with Gasteiger partial charge in [-0.15, -0.1) is 0 Å². The third-order valence-electron chi connectivity index (χ3n) is 3.86. The zero-order chi connectivity index (χ0) is 20.8. The van der Waals surface area contributed by atoms with Gasteiger partial charge >= 0.3 is 0 Å². The van der Waals surface area contributed by atoms with E-state index < -0.39 is 17.7 Å². The van der Waals surface area contributed by atoms with Crippen molar-refractivity contribution in [1.82, 2.24) is 0 Å². The van der Waals surface area contributed by atoms with Crippen molar-refractivity contribution in [2.24, 2.45) is 10.2 Å². The molecule has 2 aromatic carbocycles. The predicted octanol–water partition coefficient (Wildman–Crippen LogP) is 4.89. The Morgan fingerprint density at radius 1 is 1.11 bits per heavy atom. The number of anilines is 1. The van der Waals surface area contributed by atoms with Gasteiger partial charge in [0.1, 0.15) is 5.69 Å². The highest BCUT2D eigenvalue weighted by atomic mass is 35.5. The molecule has 148 valence electrons. The lowest BCUT2D eigenvalue weighted by Crippen LogP contribution is -2.36. The fraction of sp³-hybridized carbons (Fsp3) is 0.263. The van der Waals surface area contributed by atoms with Crippen molar-refractivity contribution < 1.29 is 19.1 Å². The average Bonchev–Trinajstić information content (AvgIpc) is 2.69. The Hall–Kier alpha value is -2.64. The molecule has 0 spiro atoms. The first kappa shape index (κ1) is 21.7. The molecule has 0 saturated carbocycles. The number of hydrogen-bond acceptors (Lipinski definition) is 6. The van der Waals surface area contributed by atoms with E-state index in [1.807, 2.05) is 13.0 Å². The number of ether oxygens (including phenoxy) is 2. The van der Waals surface area contributed by atoms with Crippen molar-refractivity contribution in [3.8, 4) is 11.5 Å². The second kappa shape index (κ2) is 9.52. The fourth-order valence-electron chi connectivity index (χ4n) is 2.32. The number of benzene rings is 2. The summed E-state index contributed by atoms with van der Waals surface area (Å²) in [6.07, 6.45) is 0. The van der Waals surface area contributed by atoms with E-state index in [-0.39, 0.29) is 0 Å². The number of aryl methyl sites for hydroxylation is 1. The number of amides is 1. The lowest BCUT2D eigenvalue weighted by atomic mass is 10.2. The molecule has 0 fully saturated rings. The molecule has 9 heteroatoms. The molecule has 0 bridgehead atoms. The second-order valence-corrected chi connectivity index (χ2v) is 6.51. The van der Waals surface area contributed by atoms with Crippen molar-refractivity contribution >= 4 is 46.4 Å². The highest BCUT2D eigenvalue weighted by Gasteiger charge is 2.29. The van der Waals surface area contributed by atoms with Crippen LogP contribution < -0.4 is 13.9 Å². The maximum Gasteiger partial charge on any atom is 0.276 e. The Labute approximate surface area is 173 Å². The molecule has 1 amide bonds. The first-order chi connectivity index (χ1) is 13.3. The number of carbonyl (C=O) groups is 2. The van der Waals surface area contributed by atoms with Crippen molar-refractivity contribution in [2.75, 3.05) is 18.6 Å². The Bertz CT molecular complexity index is 918. The summed E-state index contributed by atoms with van der Waals surface area (Å²) in [4.78, 5) is 24.7. The molecule has 0 aliphatic heterocycles. The highest BCUT2D eigenvalue weighted by Crippen LogP contribution is 2.33. The van der Waals surface area contributed by atoms with Gasteiger partial charge < -0.3 is 9.47 Å². The zero-order valence-electron chi connectivity index (χ0n) is 15.8. The summed E-state index contributed by atoms with van der Waals surface area (Å²) < 4.78 is 11.1. The summed E-state index contributed by atoms with van der Waals surface area (Å²) in [7, 11) is 2.95. The van der Waals surface area contributed by atoms with Crippen molar-refractivity contribution in [1.29, 1.82) is 0 Å². The largest absolute Gasteiger partial charge is 0.493 e. The van der Waals surface area contributed by atoms with Gasteiger partial charge in [-0.3, -0.25) is 9.59 Å². The van der Waals surface area contributed by atoms with E-state index in [1.54, 1.807) is 24.3 Å². The minimum absolute atomic E-state index is 0.291. The van der Waals surface area contributed by atoms with E-state index >= 15 is 0 Å². The summed E-state index contributed by atoms with van der Waals surface area (Å²) in [5.74, 6) is -0.413. The van der Waals surface area contributed by atoms with Gasteiger partial charge in [0.05, 0.1) is 24.9 Å². The van der Waals surface area contributed by atoms with Crippen LogP contribution in [-0.4, -0.2) is 32.0 Å². The van der Waals surface area contributed by atoms with Crippen LogP contribution in [0.5, 0.6) is 11.5 Å². The number of hydrogen-bond donors (Lipinski definition) is 0. The van der Waals surface area contributed by atoms with Gasteiger partial charge in [0.15, 0.2) is 17.3 Å². The first-order valence-electron chi connectivity index (χ1n) is 8.18. The molecule has 0 radical (unpaired) electrons. The van der Waals surface area contributed by atoms with Gasteiger partial charge in [-0.05, 0) is 37.6 Å². The van der Waals surface area contributed by atoms with Crippen LogP contribution in [0, 0.1) is 6.92 Å². The molecule has 0 aromatic heterocycles. The van der Waals surface area contributed by atoms with Gasteiger partial charge in [0.2, 0.25) is 6.04 Å². The number of nitrogens with zero attached hydrogens (tertiary/aromatic N) is 3. The molecule has 28 heavy (non-hydrogen) atoms. The highest BCUT2D eigenvalue weighted by molar-refractivity contribution is 6.39. The standard InChI is InChI=1S/C19H19Cl2N3O4/c1-11-6-5-7-14(17(11)20)22-23-18(12(2)25)19(26)24(21)13-8-9-15(27-3)16(10-13)28-4/h5-10,18H,1-4H3. The van der Waals surface area contributed by atoms with E-state index in [4.69, 9.17) is 32.9 Å². The summed E-state index contributed by atoms with van der Waals surface area (Å²) in [5, 5.41) is 8.24. The number of halogens is 2. The maximum atomic E-state index is 12.7. The lowest BCUT2D eigenvalue weighted by molar-refractivity contribution is -0.126. The third kappa shape index (κ3) is 4.79. The first-order valence-corrected chi connectivity index (χ1v) is 8.90. The summed E-state index contributed by atoms with van der Waals surface area (Å²) in [6.45, 7) is 3.05. The van der Waals surface area contributed by atoms with Crippen molar-refractivity contribution in [2.45, 2.75) is 19.9 Å². The third-order valence-corrected chi connectivity index (χ3v) is 4.71. The minimum Gasteiger partial charge on any atom is -0.493 e. The molecule has 2 aromatic rings. The molecular formula is C19H19Cl2N3O4. The average molecular weight is 424 g/mol. The van der Waals surface area contributed by atoms with E-state index in [2.05, 4.69) is 10.2 Å². The maximum absolute atomic E-state index is 12.7. The molecule has 2 rings (SSSR count). The number of carbonyl (C=O) groups excluding carboxylic acids is 2. The molecule has 0 N–H and O–H groups in total. The van der Waals surface area contributed by atoms with Crippen LogP contribution in [0.2, 0.25) is 5.02 Å². The molecule has 1 unspecified atom stereocenters. The molecular weight excluding hydrogens is 405 g/mol. The summed E-state index contributed by atoms with van der Waals surface area (Å²) in [6, 6.07) is 8.43. The number of azo groups is 1. The summed E-state index contributed by atoms with van der Waals surface area (Å²) in [5.41, 5.74) is 1.44. The Morgan fingerprint density at radius 2 is 1.79 bits per heavy atom. The number of ketones is 1. The van der Waals surface area contributed by atoms with Gasteiger partial charge in [-0.2, -0.15) is 10.2 Å². The molecule has 0 aliphatic rings. The fourth-order valence-corrected chi connectivity index (χ4v) is 2.68. The Morgan fingerprint density at radius 3 is 2.39 bits per heavy atom. The van der Waals surface area contributed by atoms with Crippen LogP contribution >= 0.6 is 23.4 Å². The lowest BCUT2D eigenvalue weighted by Gasteiger charge is -2.18. The number of Topliss-reactive ketones (excluding diaryl/α,β-unsaturated/α-hetero) is 1. The molecule has 0 aliphatic carbocycles. The number of rotatable bonds is 7. The molecule has 7 nitrogen and oxygen atoms in total. The van der Waals surface area contributed by atoms with E-state index in [0.29, 0.717) is 27.9 Å². The van der Waals surface area contributed by atoms with Gasteiger partial charge in [-0.1, -0.05) is 23.7 Å². The Kier molecular flexibility index (Phi) is 7.37. The summed E-state index contributed by atoms with van der Waals surface area (Å²) >= 11 is 12.3. The molecule has 1 atom stereocenters. The van der Waals surface area contributed by atoms with Gasteiger partial charge in [0, 0.05) is 17.8 Å². The SMILES string of the molecule is COc1ccc(N(Cl)C(=O)C(N=Nc2cccc(C)c2Cl)C(C)=O)cc1OC. The topological polar surface area (TPSA) is 80.6 Å². The molecule has 0 saturated heterocycles. The van der Waals surface area contributed by atoms with E-state index in [9.17, 15) is 9.59 Å². The second-order valence-electron chi connectivity index (χ2n) is 5.80. The van der Waals surface area contributed by atoms with Crippen molar-refractivity contribution in [3.05, 3.63) is 47.0 Å². The van der Waals surface area contributed by atoms with Crippen LogP contribution in [0.1, 0.15) is 12.5 Å². The van der Waals surface area contributed by atoms with Crippen LogP contribution in [0.25, 0.3) is 0 Å². The van der Waals surface area contributed by atoms with Crippen LogP contribution in [0.4, 0.5) is 11.4 Å². The van der Waals surface area contributed by atoms with Gasteiger partial charge in [-0.25, -0.2) is 4.42 Å². The van der Waals surface area contributed by atoms with E-state index in [1.165, 1.54) is 27.2 Å². The van der Waals surface area contributed by atoms with Crippen LogP contribution in [-0.2, 0) is 9.59 Å². The van der Waals surface area contributed by atoms with Crippen LogP contribution in [0.3, 0.4) is 0 Å². The predicted molar refractivity (Wildman–Crippen MR) is 108 cm³/mol. The normalized spacial score (nSPS) is 11.9. The molecule has 0 heterocycles. The smallest absolute Gasteiger partial charge is 0.276 e. The zero-order valence-corrected chi connectivity index (χ0v) is 17.3. The Balaban J connectivity index is 2.30. The van der Waals surface area contributed by atoms with Gasteiger partial charge in [0.25, 0.3) is 5.91 Å². The number of methoxy groups -OCH3 is 2. The van der Waals surface area contributed by atoms with Crippen LogP contribution in [0.15, 0.2) is 46.6 Å².